The van der Waals surface area contributed by atoms with Gasteiger partial charge in [0, 0.05) is 6.07 Å². The van der Waals surface area contributed by atoms with Crippen molar-refractivity contribution in [2.24, 2.45) is 5.92 Å². The van der Waals surface area contributed by atoms with Crippen LogP contribution in [0.5, 0.6) is 0 Å². The minimum atomic E-state index is -1.44. The van der Waals surface area contributed by atoms with Crippen LogP contribution in [0.2, 0.25) is 0 Å². The quantitative estimate of drug-likeness (QED) is 0.667. The molecule has 7 heteroatoms. The Kier molecular flexibility index (Phi) is 4.52. The molecule has 0 aliphatic heterocycles. The molecule has 1 aromatic rings. The van der Waals surface area contributed by atoms with E-state index in [1.807, 2.05) is 0 Å². The average molecular weight is 262 g/mol. The highest BCUT2D eigenvalue weighted by atomic mass is 19.2. The standard InChI is InChI=1S/C11H13F3N2O2/c1-5(2)8(11(17)18-3)15-10-7(13)4-6(12)9(14)16-10/h4-5,8H,1-3H3,(H,15,16). The fourth-order valence-electron chi connectivity index (χ4n) is 1.32. The molecule has 0 fully saturated rings. The van der Waals surface area contributed by atoms with Crippen molar-refractivity contribution in [2.45, 2.75) is 19.9 Å². The van der Waals surface area contributed by atoms with Crippen LogP contribution in [0.4, 0.5) is 19.0 Å². The summed E-state index contributed by atoms with van der Waals surface area (Å²) >= 11 is 0. The first-order valence-corrected chi connectivity index (χ1v) is 5.22. The second-order valence-electron chi connectivity index (χ2n) is 3.98. The molecule has 0 saturated carbocycles. The van der Waals surface area contributed by atoms with Crippen LogP contribution in [-0.4, -0.2) is 24.1 Å². The largest absolute Gasteiger partial charge is 0.467 e. The topological polar surface area (TPSA) is 51.2 Å². The number of esters is 1. The normalized spacial score (nSPS) is 12.4. The van der Waals surface area contributed by atoms with Crippen molar-refractivity contribution >= 4 is 11.8 Å². The van der Waals surface area contributed by atoms with Gasteiger partial charge in [-0.1, -0.05) is 13.8 Å². The van der Waals surface area contributed by atoms with Crippen LogP contribution in [0.1, 0.15) is 13.8 Å². The number of rotatable bonds is 4. The minimum absolute atomic E-state index is 0.244. The number of hydrogen-bond acceptors (Lipinski definition) is 4. The van der Waals surface area contributed by atoms with Gasteiger partial charge in [-0.15, -0.1) is 0 Å². The van der Waals surface area contributed by atoms with Crippen LogP contribution in [0.15, 0.2) is 6.07 Å². The summed E-state index contributed by atoms with van der Waals surface area (Å²) in [5, 5.41) is 2.40. The summed E-state index contributed by atoms with van der Waals surface area (Å²) in [6, 6.07) is -0.541. The van der Waals surface area contributed by atoms with Gasteiger partial charge in [-0.3, -0.25) is 0 Å². The molecule has 1 rings (SSSR count). The van der Waals surface area contributed by atoms with E-state index >= 15 is 0 Å². The van der Waals surface area contributed by atoms with Gasteiger partial charge in [0.25, 0.3) is 5.95 Å². The number of anilines is 1. The summed E-state index contributed by atoms with van der Waals surface area (Å²) in [6.07, 6.45) is 0. The number of ether oxygens (including phenoxy) is 1. The first-order valence-electron chi connectivity index (χ1n) is 5.22. The zero-order valence-electron chi connectivity index (χ0n) is 10.1. The second kappa shape index (κ2) is 5.70. The summed E-state index contributed by atoms with van der Waals surface area (Å²) in [5.74, 6) is -5.33. The Labute approximate surface area is 102 Å². The summed E-state index contributed by atoms with van der Waals surface area (Å²) in [6.45, 7) is 3.37. The number of hydrogen-bond donors (Lipinski definition) is 1. The molecule has 0 bridgehead atoms. The fraction of sp³-hybridized carbons (Fsp3) is 0.455. The maximum atomic E-state index is 13.3. The van der Waals surface area contributed by atoms with Crippen LogP contribution >= 0.6 is 0 Å². The monoisotopic (exact) mass is 262 g/mol. The SMILES string of the molecule is COC(=O)C(Nc1nc(F)c(F)cc1F)C(C)C. The summed E-state index contributed by atoms with van der Waals surface area (Å²) < 4.78 is 43.4. The summed E-state index contributed by atoms with van der Waals surface area (Å²) in [4.78, 5) is 14.5. The highest BCUT2D eigenvalue weighted by Crippen LogP contribution is 2.17. The molecule has 0 aliphatic rings. The highest BCUT2D eigenvalue weighted by Gasteiger charge is 2.25. The van der Waals surface area contributed by atoms with Gasteiger partial charge in [0.15, 0.2) is 17.5 Å². The van der Waals surface area contributed by atoms with Gasteiger partial charge in [0.1, 0.15) is 6.04 Å². The van der Waals surface area contributed by atoms with E-state index in [1.165, 1.54) is 7.11 Å². The zero-order valence-corrected chi connectivity index (χ0v) is 10.1. The molecule has 18 heavy (non-hydrogen) atoms. The lowest BCUT2D eigenvalue weighted by Crippen LogP contribution is -2.36. The molecule has 1 N–H and O–H groups in total. The molecule has 1 heterocycles. The van der Waals surface area contributed by atoms with E-state index in [-0.39, 0.29) is 5.92 Å². The maximum Gasteiger partial charge on any atom is 0.328 e. The molecule has 4 nitrogen and oxygen atoms in total. The molecule has 0 saturated heterocycles. The third kappa shape index (κ3) is 3.12. The van der Waals surface area contributed by atoms with Gasteiger partial charge in [-0.2, -0.15) is 9.37 Å². The molecule has 1 unspecified atom stereocenters. The van der Waals surface area contributed by atoms with E-state index in [9.17, 15) is 18.0 Å². The van der Waals surface area contributed by atoms with E-state index in [1.54, 1.807) is 13.8 Å². The number of carbonyl (C=O) groups excluding carboxylic acids is 1. The molecule has 0 amide bonds. The number of halogens is 3. The van der Waals surface area contributed by atoms with Crippen LogP contribution < -0.4 is 5.32 Å². The summed E-state index contributed by atoms with van der Waals surface area (Å²) in [5.41, 5.74) is 0. The second-order valence-corrected chi connectivity index (χ2v) is 3.98. The third-order valence-corrected chi connectivity index (χ3v) is 2.30. The molecule has 0 aromatic carbocycles. The third-order valence-electron chi connectivity index (χ3n) is 2.30. The Balaban J connectivity index is 3.01. The maximum absolute atomic E-state index is 13.3. The number of carbonyl (C=O) groups is 1. The van der Waals surface area contributed by atoms with Crippen LogP contribution in [0.25, 0.3) is 0 Å². The number of pyridine rings is 1. The van der Waals surface area contributed by atoms with Crippen molar-refractivity contribution in [1.82, 2.24) is 4.98 Å². The van der Waals surface area contributed by atoms with Gasteiger partial charge in [0.05, 0.1) is 7.11 Å². The molecule has 0 spiro atoms. The number of nitrogens with zero attached hydrogens (tertiary/aromatic N) is 1. The predicted molar refractivity (Wildman–Crippen MR) is 58.4 cm³/mol. The number of aromatic nitrogens is 1. The minimum Gasteiger partial charge on any atom is -0.467 e. The van der Waals surface area contributed by atoms with E-state index in [0.717, 1.165) is 0 Å². The first kappa shape index (κ1) is 14.3. The van der Waals surface area contributed by atoms with Crippen molar-refractivity contribution in [2.75, 3.05) is 12.4 Å². The summed E-state index contributed by atoms with van der Waals surface area (Å²) in [7, 11) is 1.18. The van der Waals surface area contributed by atoms with E-state index in [0.29, 0.717) is 6.07 Å². The Hall–Kier alpha value is -1.79. The van der Waals surface area contributed by atoms with Gasteiger partial charge < -0.3 is 10.1 Å². The Morgan fingerprint density at radius 2 is 1.94 bits per heavy atom. The van der Waals surface area contributed by atoms with Gasteiger partial charge >= 0.3 is 5.97 Å². The molecular weight excluding hydrogens is 249 g/mol. The zero-order chi connectivity index (χ0) is 13.9. The lowest BCUT2D eigenvalue weighted by molar-refractivity contribution is -0.142. The van der Waals surface area contributed by atoms with E-state index < -0.39 is 35.4 Å². The van der Waals surface area contributed by atoms with Gasteiger partial charge in [-0.05, 0) is 5.92 Å². The van der Waals surface area contributed by atoms with Crippen LogP contribution in [-0.2, 0) is 9.53 Å². The van der Waals surface area contributed by atoms with Crippen molar-refractivity contribution in [1.29, 1.82) is 0 Å². The highest BCUT2D eigenvalue weighted by molar-refractivity contribution is 5.79. The molecule has 0 radical (unpaired) electrons. The van der Waals surface area contributed by atoms with Gasteiger partial charge in [0.2, 0.25) is 0 Å². The van der Waals surface area contributed by atoms with E-state index in [4.69, 9.17) is 0 Å². The van der Waals surface area contributed by atoms with Crippen molar-refractivity contribution < 1.29 is 22.7 Å². The lowest BCUT2D eigenvalue weighted by Gasteiger charge is -2.20. The predicted octanol–water partition coefficient (Wildman–Crippen LogP) is 2.11. The van der Waals surface area contributed by atoms with Gasteiger partial charge in [-0.25, -0.2) is 13.6 Å². The molecule has 100 valence electrons. The Bertz CT molecular complexity index is 452. The molecular formula is C11H13F3N2O2. The van der Waals surface area contributed by atoms with Crippen LogP contribution in [0, 0.1) is 23.5 Å². The first-order chi connectivity index (χ1) is 8.36. The lowest BCUT2D eigenvalue weighted by atomic mass is 10.0. The van der Waals surface area contributed by atoms with Crippen molar-refractivity contribution in [3.05, 3.63) is 23.6 Å². The Morgan fingerprint density at radius 3 is 2.44 bits per heavy atom. The smallest absolute Gasteiger partial charge is 0.328 e. The van der Waals surface area contributed by atoms with E-state index in [2.05, 4.69) is 15.0 Å². The Morgan fingerprint density at radius 1 is 1.33 bits per heavy atom. The van der Waals surface area contributed by atoms with Crippen molar-refractivity contribution in [3.8, 4) is 0 Å². The van der Waals surface area contributed by atoms with Crippen LogP contribution in [0.3, 0.4) is 0 Å². The molecule has 0 aliphatic carbocycles. The number of methoxy groups -OCH3 is 1. The molecule has 1 atom stereocenters. The molecule has 1 aromatic heterocycles. The average Bonchev–Trinajstić information content (AvgIpc) is 2.30. The number of nitrogens with one attached hydrogen (secondary N) is 1. The fourth-order valence-corrected chi connectivity index (χ4v) is 1.32. The van der Waals surface area contributed by atoms with Crippen molar-refractivity contribution in [3.63, 3.8) is 0 Å².